The maximum Gasteiger partial charge on any atom is 0.192 e. The molecule has 0 bridgehead atoms. The molecule has 0 spiro atoms. The first-order chi connectivity index (χ1) is 6.75. The molecule has 0 saturated heterocycles. The summed E-state index contributed by atoms with van der Waals surface area (Å²) >= 11 is 4.30. The van der Waals surface area contributed by atoms with Crippen molar-refractivity contribution in [1.29, 1.82) is 0 Å². The zero-order chi connectivity index (χ0) is 9.97. The highest BCUT2D eigenvalue weighted by Crippen LogP contribution is 2.17. The molecule has 0 aliphatic rings. The summed E-state index contributed by atoms with van der Waals surface area (Å²) in [5.41, 5.74) is 2.01. The third-order valence-electron chi connectivity index (χ3n) is 1.64. The third kappa shape index (κ3) is 2.38. The van der Waals surface area contributed by atoms with Gasteiger partial charge in [-0.1, -0.05) is 0 Å². The van der Waals surface area contributed by atoms with E-state index < -0.39 is 0 Å². The molecule has 2 heterocycles. The standard InChI is InChI=1S/C9H5I2N3/c10-8-5-7(13-9(11)14-8)6-1-3-12-4-2-6/h1-5H. The van der Waals surface area contributed by atoms with Crippen LogP contribution in [0.3, 0.4) is 0 Å². The first kappa shape index (κ1) is 10.2. The molecule has 0 unspecified atom stereocenters. The van der Waals surface area contributed by atoms with Gasteiger partial charge in [-0.2, -0.15) is 0 Å². The molecule has 2 rings (SSSR count). The summed E-state index contributed by atoms with van der Waals surface area (Å²) in [4.78, 5) is 12.5. The molecule has 0 aliphatic heterocycles. The van der Waals surface area contributed by atoms with Crippen LogP contribution in [0.15, 0.2) is 30.6 Å². The topological polar surface area (TPSA) is 38.7 Å². The average Bonchev–Trinajstić information content (AvgIpc) is 2.18. The maximum absolute atomic E-state index is 4.35. The summed E-state index contributed by atoms with van der Waals surface area (Å²) < 4.78 is 1.72. The second kappa shape index (κ2) is 4.47. The van der Waals surface area contributed by atoms with Gasteiger partial charge in [-0.3, -0.25) is 4.98 Å². The van der Waals surface area contributed by atoms with Crippen molar-refractivity contribution >= 4 is 45.2 Å². The van der Waals surface area contributed by atoms with Crippen molar-refractivity contribution in [1.82, 2.24) is 15.0 Å². The van der Waals surface area contributed by atoms with Gasteiger partial charge >= 0.3 is 0 Å². The molecule has 0 atom stereocenters. The van der Waals surface area contributed by atoms with Crippen molar-refractivity contribution in [2.45, 2.75) is 0 Å². The number of rotatable bonds is 1. The normalized spacial score (nSPS) is 10.1. The van der Waals surface area contributed by atoms with E-state index in [2.05, 4.69) is 60.1 Å². The Morgan fingerprint density at radius 2 is 1.71 bits per heavy atom. The number of nitrogens with zero attached hydrogens (tertiary/aromatic N) is 3. The molecule has 0 aliphatic carbocycles. The van der Waals surface area contributed by atoms with E-state index in [-0.39, 0.29) is 0 Å². The minimum absolute atomic E-state index is 0.765. The van der Waals surface area contributed by atoms with Crippen LogP contribution in [0.5, 0.6) is 0 Å². The van der Waals surface area contributed by atoms with Crippen molar-refractivity contribution in [2.24, 2.45) is 0 Å². The summed E-state index contributed by atoms with van der Waals surface area (Å²) in [6, 6.07) is 5.83. The van der Waals surface area contributed by atoms with Crippen LogP contribution in [0.4, 0.5) is 0 Å². The fourth-order valence-corrected chi connectivity index (χ4v) is 2.57. The summed E-state index contributed by atoms with van der Waals surface area (Å²) in [6.07, 6.45) is 3.52. The predicted octanol–water partition coefficient (Wildman–Crippen LogP) is 2.75. The second-order valence-corrected chi connectivity index (χ2v) is 4.65. The van der Waals surface area contributed by atoms with Crippen LogP contribution in [0.25, 0.3) is 11.3 Å². The zero-order valence-electron chi connectivity index (χ0n) is 6.98. The van der Waals surface area contributed by atoms with Gasteiger partial charge in [0.15, 0.2) is 3.83 Å². The van der Waals surface area contributed by atoms with Crippen molar-refractivity contribution in [3.63, 3.8) is 0 Å². The van der Waals surface area contributed by atoms with E-state index in [1.165, 1.54) is 0 Å². The smallest absolute Gasteiger partial charge is 0.192 e. The fraction of sp³-hybridized carbons (Fsp3) is 0. The highest BCUT2D eigenvalue weighted by molar-refractivity contribution is 14.1. The van der Waals surface area contributed by atoms with Gasteiger partial charge in [0.2, 0.25) is 0 Å². The highest BCUT2D eigenvalue weighted by Gasteiger charge is 2.02. The number of aromatic nitrogens is 3. The lowest BCUT2D eigenvalue weighted by Crippen LogP contribution is -1.93. The van der Waals surface area contributed by atoms with Crippen LogP contribution in [0, 0.1) is 7.53 Å². The van der Waals surface area contributed by atoms with Crippen molar-refractivity contribution in [3.8, 4) is 11.3 Å². The molecule has 0 saturated carbocycles. The number of pyridine rings is 1. The first-order valence-electron chi connectivity index (χ1n) is 3.86. The Morgan fingerprint density at radius 3 is 2.36 bits per heavy atom. The van der Waals surface area contributed by atoms with Gasteiger partial charge in [0, 0.05) is 40.5 Å². The molecule has 0 N–H and O–H groups in total. The minimum atomic E-state index is 0.765. The molecule has 5 heteroatoms. The van der Waals surface area contributed by atoms with Crippen LogP contribution < -0.4 is 0 Å². The number of halogens is 2. The lowest BCUT2D eigenvalue weighted by Gasteiger charge is -2.00. The van der Waals surface area contributed by atoms with Crippen LogP contribution in [0.1, 0.15) is 0 Å². The van der Waals surface area contributed by atoms with Crippen LogP contribution >= 0.6 is 45.2 Å². The highest BCUT2D eigenvalue weighted by atomic mass is 127. The van der Waals surface area contributed by atoms with Crippen LogP contribution in [-0.2, 0) is 0 Å². The van der Waals surface area contributed by atoms with Gasteiger partial charge in [0.25, 0.3) is 0 Å². The zero-order valence-corrected chi connectivity index (χ0v) is 11.3. The number of hydrogen-bond donors (Lipinski definition) is 0. The van der Waals surface area contributed by atoms with Crippen LogP contribution in [0.2, 0.25) is 0 Å². The summed E-state index contributed by atoms with van der Waals surface area (Å²) in [6.45, 7) is 0. The molecule has 0 radical (unpaired) electrons. The quantitative estimate of drug-likeness (QED) is 0.413. The Hall–Kier alpha value is -0.310. The van der Waals surface area contributed by atoms with E-state index in [9.17, 15) is 0 Å². The molecule has 0 fully saturated rings. The van der Waals surface area contributed by atoms with Crippen molar-refractivity contribution in [3.05, 3.63) is 38.1 Å². The monoisotopic (exact) mass is 409 g/mol. The molecular weight excluding hydrogens is 404 g/mol. The Morgan fingerprint density at radius 1 is 1.00 bits per heavy atom. The summed E-state index contributed by atoms with van der Waals surface area (Å²) in [5, 5.41) is 0. The largest absolute Gasteiger partial charge is 0.265 e. The van der Waals surface area contributed by atoms with Crippen molar-refractivity contribution in [2.75, 3.05) is 0 Å². The second-order valence-electron chi connectivity index (χ2n) is 2.58. The van der Waals surface area contributed by atoms with E-state index >= 15 is 0 Å². The minimum Gasteiger partial charge on any atom is -0.265 e. The Labute approximate surface area is 109 Å². The Bertz CT molecular complexity index is 425. The molecular formula is C9H5I2N3. The van der Waals surface area contributed by atoms with Gasteiger partial charge in [0.05, 0.1) is 5.69 Å². The molecule has 0 amide bonds. The van der Waals surface area contributed by atoms with Gasteiger partial charge in [-0.15, -0.1) is 0 Å². The fourth-order valence-electron chi connectivity index (χ4n) is 1.06. The van der Waals surface area contributed by atoms with Gasteiger partial charge < -0.3 is 0 Å². The predicted molar refractivity (Wildman–Crippen MR) is 70.7 cm³/mol. The van der Waals surface area contributed by atoms with E-state index in [0.717, 1.165) is 18.8 Å². The molecule has 3 nitrogen and oxygen atoms in total. The van der Waals surface area contributed by atoms with Crippen LogP contribution in [-0.4, -0.2) is 15.0 Å². The lowest BCUT2D eigenvalue weighted by molar-refractivity contribution is 1.08. The molecule has 14 heavy (non-hydrogen) atoms. The van der Waals surface area contributed by atoms with Gasteiger partial charge in [0.1, 0.15) is 3.70 Å². The van der Waals surface area contributed by atoms with Gasteiger partial charge in [-0.05, 0) is 40.8 Å². The molecule has 70 valence electrons. The Kier molecular flexibility index (Phi) is 3.26. The summed E-state index contributed by atoms with van der Waals surface area (Å²) in [7, 11) is 0. The SMILES string of the molecule is Ic1cc(-c2ccncc2)nc(I)n1. The lowest BCUT2D eigenvalue weighted by atomic mass is 10.2. The molecule has 0 aromatic carbocycles. The molecule has 2 aromatic heterocycles. The van der Waals surface area contributed by atoms with E-state index in [1.807, 2.05) is 18.2 Å². The average molecular weight is 409 g/mol. The first-order valence-corrected chi connectivity index (χ1v) is 6.02. The summed E-state index contributed by atoms with van der Waals surface area (Å²) in [5.74, 6) is 0. The maximum atomic E-state index is 4.35. The van der Waals surface area contributed by atoms with Gasteiger partial charge in [-0.25, -0.2) is 9.97 Å². The third-order valence-corrected chi connectivity index (χ3v) is 2.68. The number of hydrogen-bond acceptors (Lipinski definition) is 3. The van der Waals surface area contributed by atoms with Crippen molar-refractivity contribution < 1.29 is 0 Å². The Balaban J connectivity index is 2.52. The van der Waals surface area contributed by atoms with E-state index in [1.54, 1.807) is 12.4 Å². The molecule has 2 aromatic rings. The van der Waals surface area contributed by atoms with E-state index in [4.69, 9.17) is 0 Å². The van der Waals surface area contributed by atoms with E-state index in [0.29, 0.717) is 0 Å².